The fourth-order valence-corrected chi connectivity index (χ4v) is 14.9. The number of H-pyrrole nitrogens is 2. The SMILES string of the molecule is O=C(O)CC[C@H](NC(=O)c1ccc(CNC(=O)c2ccc(-c3c4nc(c(-c5ccc(C(=O)NCc6ccc(C(=O)N[C@@H](CCC(=O)O)C(=O)O)cc6)cc5)c5ccc([nH]5)c(-c5ccc(C(=O)NCc6ccc(C(=O)N[C@@H](CCC(=O)O)C(=O)O)cc6)cc5)c5nc(c(-c6ccc(C(=O)NCc7ccc(C(=O)N[C@@H](CCC(=O)O)C(=O)O)cc7)cc6)c6ccc3[nH]6)C=C5)C=C4)cc2)cc1)C(=O)O. The average molecular weight is 1840 g/mol. The molecule has 8 bridgehead atoms. The molecule has 2 aliphatic heterocycles. The minimum absolute atomic E-state index is 0.00117. The van der Waals surface area contributed by atoms with Gasteiger partial charge in [-0.15, -0.1) is 0 Å². The van der Waals surface area contributed by atoms with E-state index >= 15 is 0 Å². The van der Waals surface area contributed by atoms with Gasteiger partial charge in [0.1, 0.15) is 24.2 Å². The van der Waals surface area contributed by atoms with Crippen molar-refractivity contribution in [3.05, 3.63) is 308 Å². The van der Waals surface area contributed by atoms with Gasteiger partial charge < -0.3 is 93.4 Å². The van der Waals surface area contributed by atoms with E-state index in [0.717, 1.165) is 0 Å². The monoisotopic (exact) mass is 1840 g/mol. The Morgan fingerprint density at radius 2 is 0.397 bits per heavy atom. The Hall–Kier alpha value is -18.1. The zero-order valence-electron chi connectivity index (χ0n) is 71.9. The van der Waals surface area contributed by atoms with Crippen LogP contribution < -0.4 is 42.5 Å². The Labute approximate surface area is 771 Å². The van der Waals surface area contributed by atoms with Gasteiger partial charge in [-0.25, -0.2) is 29.1 Å². The maximum absolute atomic E-state index is 14.1. The number of carboxylic acid groups (broad SMARTS) is 8. The summed E-state index contributed by atoms with van der Waals surface area (Å²) in [6.07, 6.45) is 3.98. The number of carbonyl (C=O) groups is 16. The number of rotatable bonds is 40. The molecule has 36 heteroatoms. The van der Waals surface area contributed by atoms with E-state index in [0.29, 0.717) is 112 Å². The molecule has 0 spiro atoms. The Morgan fingerprint density at radius 3 is 0.566 bits per heavy atom. The molecule has 0 fully saturated rings. The molecule has 0 aliphatic carbocycles. The summed E-state index contributed by atoms with van der Waals surface area (Å²) in [6.45, 7) is 0.00469. The van der Waals surface area contributed by atoms with Crippen LogP contribution in [0.2, 0.25) is 0 Å². The van der Waals surface area contributed by atoms with Gasteiger partial charge in [0.15, 0.2) is 0 Å². The molecule has 690 valence electrons. The zero-order chi connectivity index (χ0) is 97.0. The van der Waals surface area contributed by atoms with E-state index in [1.165, 1.54) is 48.5 Å². The first-order valence-corrected chi connectivity index (χ1v) is 42.3. The van der Waals surface area contributed by atoms with Gasteiger partial charge in [-0.1, -0.05) is 97.1 Å². The summed E-state index contributed by atoms with van der Waals surface area (Å²) < 4.78 is 0. The fourth-order valence-electron chi connectivity index (χ4n) is 14.9. The quantitative estimate of drug-likeness (QED) is 0.0170. The van der Waals surface area contributed by atoms with Crippen LogP contribution >= 0.6 is 0 Å². The number of aromatic nitrogens is 4. The van der Waals surface area contributed by atoms with Gasteiger partial charge in [0.25, 0.3) is 47.3 Å². The summed E-state index contributed by atoms with van der Waals surface area (Å²) in [4.78, 5) is 219. The number of hydrogen-bond acceptors (Lipinski definition) is 18. The molecule has 0 radical (unpaired) electrons. The van der Waals surface area contributed by atoms with Crippen LogP contribution in [0, 0.1) is 0 Å². The number of nitrogens with one attached hydrogen (secondary N) is 10. The molecule has 136 heavy (non-hydrogen) atoms. The van der Waals surface area contributed by atoms with Crippen LogP contribution in [0.15, 0.2) is 218 Å². The number of carbonyl (C=O) groups excluding carboxylic acids is 8. The van der Waals surface area contributed by atoms with Crippen molar-refractivity contribution in [3.63, 3.8) is 0 Å². The highest BCUT2D eigenvalue weighted by Gasteiger charge is 2.29. The predicted molar refractivity (Wildman–Crippen MR) is 494 cm³/mol. The third-order valence-electron chi connectivity index (χ3n) is 22.2. The Morgan fingerprint density at radius 1 is 0.228 bits per heavy atom. The van der Waals surface area contributed by atoms with E-state index in [1.54, 1.807) is 146 Å². The number of aliphatic carboxylic acids is 8. The largest absolute Gasteiger partial charge is 0.481 e. The molecule has 5 heterocycles. The topological polar surface area (TPSA) is 589 Å². The molecule has 4 atom stereocenters. The van der Waals surface area contributed by atoms with Crippen LogP contribution in [-0.4, -0.2) is 180 Å². The van der Waals surface area contributed by atoms with Crippen molar-refractivity contribution >= 4 is 141 Å². The maximum atomic E-state index is 14.1. The summed E-state index contributed by atoms with van der Waals surface area (Å²) in [5.41, 5.74) is 12.0. The Bertz CT molecular complexity index is 5990. The summed E-state index contributed by atoms with van der Waals surface area (Å²) in [5, 5.41) is 95.8. The number of hydrogen-bond donors (Lipinski definition) is 18. The van der Waals surface area contributed by atoms with Crippen molar-refractivity contribution in [1.82, 2.24) is 62.5 Å². The summed E-state index contributed by atoms with van der Waals surface area (Å²) in [5.74, 6) is -15.4. The van der Waals surface area contributed by atoms with Crippen molar-refractivity contribution in [3.8, 4) is 44.5 Å². The van der Waals surface area contributed by atoms with Gasteiger partial charge in [-0.05, 0) is 216 Å². The third kappa shape index (κ3) is 24.5. The first-order chi connectivity index (χ1) is 65.3. The van der Waals surface area contributed by atoms with Gasteiger partial charge in [0.05, 0.1) is 22.8 Å². The molecule has 13 rings (SSSR count). The fraction of sp³-hybridized carbons (Fsp3) is 0.160. The first-order valence-electron chi connectivity index (χ1n) is 42.3. The van der Waals surface area contributed by atoms with E-state index in [1.807, 2.05) is 48.6 Å². The molecule has 18 N–H and O–H groups in total. The van der Waals surface area contributed by atoms with Gasteiger partial charge >= 0.3 is 47.8 Å². The molecule has 0 saturated carbocycles. The minimum Gasteiger partial charge on any atom is -0.481 e. The van der Waals surface area contributed by atoms with Crippen LogP contribution in [0.3, 0.4) is 0 Å². The Kier molecular flexibility index (Phi) is 30.6. The second-order valence-electron chi connectivity index (χ2n) is 31.5. The molecule has 0 unspecified atom stereocenters. The predicted octanol–water partition coefficient (Wildman–Crippen LogP) is 11.2. The van der Waals surface area contributed by atoms with Gasteiger partial charge in [-0.3, -0.25) is 57.5 Å². The Balaban J connectivity index is 0.867. The molecule has 8 amide bonds. The molecule has 11 aromatic rings. The van der Waals surface area contributed by atoms with Crippen LogP contribution in [-0.2, 0) is 64.5 Å². The molecule has 2 aliphatic rings. The summed E-state index contributed by atoms with van der Waals surface area (Å²) in [6, 6.07) is 52.7. The summed E-state index contributed by atoms with van der Waals surface area (Å²) in [7, 11) is 0. The van der Waals surface area contributed by atoms with Crippen LogP contribution in [0.5, 0.6) is 0 Å². The van der Waals surface area contributed by atoms with Crippen LogP contribution in [0.25, 0.3) is 90.9 Å². The molecular formula is C100H86N12O24. The lowest BCUT2D eigenvalue weighted by atomic mass is 10.0. The smallest absolute Gasteiger partial charge is 0.326 e. The minimum atomic E-state index is -1.45. The molecular weight excluding hydrogens is 1750 g/mol. The van der Waals surface area contributed by atoms with Crippen LogP contribution in [0.4, 0.5) is 0 Å². The van der Waals surface area contributed by atoms with Gasteiger partial charge in [0, 0.05) is 141 Å². The molecule has 3 aromatic heterocycles. The maximum Gasteiger partial charge on any atom is 0.326 e. The van der Waals surface area contributed by atoms with Crippen molar-refractivity contribution < 1.29 is 118 Å². The van der Waals surface area contributed by atoms with E-state index in [9.17, 15) is 97.1 Å². The van der Waals surface area contributed by atoms with Gasteiger partial charge in [-0.2, -0.15) is 0 Å². The van der Waals surface area contributed by atoms with E-state index in [-0.39, 0.29) is 96.4 Å². The number of amides is 8. The second-order valence-corrected chi connectivity index (χ2v) is 31.5. The number of fused-ring (bicyclic) bond motifs is 8. The highest BCUT2D eigenvalue weighted by Crippen LogP contribution is 2.40. The lowest BCUT2D eigenvalue weighted by molar-refractivity contribution is -0.142. The van der Waals surface area contributed by atoms with E-state index in [2.05, 4.69) is 52.5 Å². The van der Waals surface area contributed by atoms with Gasteiger partial charge in [0.2, 0.25) is 0 Å². The van der Waals surface area contributed by atoms with Crippen molar-refractivity contribution in [2.45, 2.75) is 102 Å². The molecule has 0 saturated heterocycles. The van der Waals surface area contributed by atoms with E-state index < -0.39 is 145 Å². The van der Waals surface area contributed by atoms with Crippen LogP contribution in [0.1, 0.15) is 179 Å². The standard InChI is InChI=1S/C100H86N12O24/c113-81(114)45-41-77(97(129)130)109-93(125)65-9-1-53(2-10-65)49-101-89(121)61-25-17-57(18-26-61)85-69-33-35-71(105-69)86(58-19-27-62(28-20-58)90(122)102-50-54-3-11-66(12-4-54)94(126)110-78(98(131)132)42-46-82(115)116)73-37-39-75(107-73)88(60-23-31-64(32-24-60)92(124)104-52-56-7-15-68(16-8-56)96(128)112-80(100(135)136)44-48-84(119)120)76-40-38-74(108-76)87(72-36-34-70(85)106-72)59-21-29-63(30-22-59)91(123)103-51-55-5-13-67(14-6-55)95(127)111-79(99(133)134)43-47-83(117)118/h1-40,77-80,105,108H,41-52H2,(H,101,121)(H,102,122)(H,103,123)(H,104,124)(H,109,125)(H,110,126)(H,111,127)(H,112,128)(H,113,114)(H,115,116)(H,117,118)(H,119,120)(H,129,130)(H,131,132)(H,133,134)(H,135,136)/t77-,78-,79-,80-/m0/s1. The third-order valence-corrected chi connectivity index (χ3v) is 22.2. The lowest BCUT2D eigenvalue weighted by Gasteiger charge is -2.14. The number of nitrogens with zero attached hydrogens (tertiary/aromatic N) is 2. The highest BCUT2D eigenvalue weighted by atomic mass is 16.4. The molecule has 36 nitrogen and oxygen atoms in total. The first kappa shape index (κ1) is 95.5. The van der Waals surface area contributed by atoms with Crippen molar-refractivity contribution in [2.24, 2.45) is 0 Å². The number of carboxylic acids is 8. The number of benzene rings is 8. The lowest BCUT2D eigenvalue weighted by Crippen LogP contribution is -2.41. The second kappa shape index (κ2) is 43.5. The van der Waals surface area contributed by atoms with Crippen molar-refractivity contribution in [2.75, 3.05) is 0 Å². The molecule has 8 aromatic carbocycles. The zero-order valence-corrected chi connectivity index (χ0v) is 71.9. The van der Waals surface area contributed by atoms with Crippen molar-refractivity contribution in [1.29, 1.82) is 0 Å². The van der Waals surface area contributed by atoms with E-state index in [4.69, 9.17) is 30.4 Å². The average Bonchev–Trinajstić information content (AvgIpc) is 1.61. The normalized spacial score (nSPS) is 12.1. The summed E-state index contributed by atoms with van der Waals surface area (Å²) >= 11 is 0. The highest BCUT2D eigenvalue weighted by molar-refractivity contribution is 6.05. The number of aromatic amines is 2.